The number of fused-ring (bicyclic) bond motifs is 1. The van der Waals surface area contributed by atoms with Crippen molar-refractivity contribution in [2.45, 2.75) is 52.9 Å². The highest BCUT2D eigenvalue weighted by Gasteiger charge is 2.13. The second-order valence-electron chi connectivity index (χ2n) is 8.39. The smallest absolute Gasteiger partial charge is 0.0976 e. The standard InChI is InChI=1S/C26H31N3S/c1-5-29(4)17-27-26-18(2)12-20(13-19(26)3)14-25-28-24(16-30-25)23-11-10-21-8-6-7-9-22(21)15-23/h10-13,15-17H,5-9,14H2,1-4H3/b27-17+. The van der Waals surface area contributed by atoms with Gasteiger partial charge in [0.25, 0.3) is 0 Å². The third kappa shape index (κ3) is 4.65. The molecule has 0 atom stereocenters. The summed E-state index contributed by atoms with van der Waals surface area (Å²) in [6.45, 7) is 7.38. The van der Waals surface area contributed by atoms with Gasteiger partial charge in [0.05, 0.1) is 22.7 Å². The second-order valence-corrected chi connectivity index (χ2v) is 9.33. The zero-order chi connectivity index (χ0) is 21.1. The molecule has 1 heterocycles. The van der Waals surface area contributed by atoms with Crippen molar-refractivity contribution in [1.29, 1.82) is 0 Å². The SMILES string of the molecule is CCN(C)/C=N/c1c(C)cc(Cc2nc(-c3ccc4c(c3)CCCC4)cs2)cc1C. The van der Waals surface area contributed by atoms with Gasteiger partial charge in [-0.25, -0.2) is 9.98 Å². The van der Waals surface area contributed by atoms with Crippen LogP contribution in [0.25, 0.3) is 11.3 Å². The Morgan fingerprint density at radius 1 is 1.07 bits per heavy atom. The van der Waals surface area contributed by atoms with Gasteiger partial charge in [0.1, 0.15) is 0 Å². The summed E-state index contributed by atoms with van der Waals surface area (Å²) in [6, 6.07) is 11.4. The number of hydrogen-bond donors (Lipinski definition) is 0. The average molecular weight is 418 g/mol. The molecule has 4 heteroatoms. The third-order valence-electron chi connectivity index (χ3n) is 5.98. The highest BCUT2D eigenvalue weighted by atomic mass is 32.1. The average Bonchev–Trinajstić information content (AvgIpc) is 3.21. The lowest BCUT2D eigenvalue weighted by Gasteiger charge is -2.16. The first-order valence-corrected chi connectivity index (χ1v) is 11.8. The van der Waals surface area contributed by atoms with Crippen LogP contribution in [0.2, 0.25) is 0 Å². The lowest BCUT2D eigenvalue weighted by Crippen LogP contribution is -2.14. The Bertz CT molecular complexity index is 1040. The molecule has 0 bridgehead atoms. The van der Waals surface area contributed by atoms with Crippen molar-refractivity contribution in [2.75, 3.05) is 13.6 Å². The maximum absolute atomic E-state index is 4.96. The minimum atomic E-state index is 0.871. The van der Waals surface area contributed by atoms with E-state index < -0.39 is 0 Å². The van der Waals surface area contributed by atoms with Gasteiger partial charge in [0, 0.05) is 31.0 Å². The molecule has 0 radical (unpaired) electrons. The van der Waals surface area contributed by atoms with Crippen LogP contribution in [-0.4, -0.2) is 29.8 Å². The molecule has 1 aliphatic carbocycles. The molecule has 3 nitrogen and oxygen atoms in total. The third-order valence-corrected chi connectivity index (χ3v) is 6.83. The summed E-state index contributed by atoms with van der Waals surface area (Å²) < 4.78 is 0. The van der Waals surface area contributed by atoms with Crippen molar-refractivity contribution in [2.24, 2.45) is 4.99 Å². The van der Waals surface area contributed by atoms with E-state index in [2.05, 4.69) is 61.4 Å². The lowest BCUT2D eigenvalue weighted by atomic mass is 9.90. The van der Waals surface area contributed by atoms with E-state index in [9.17, 15) is 0 Å². The molecule has 3 aromatic rings. The molecule has 0 spiro atoms. The van der Waals surface area contributed by atoms with Crippen LogP contribution in [0.1, 0.15) is 52.6 Å². The minimum absolute atomic E-state index is 0.871. The molecular formula is C26H31N3S. The van der Waals surface area contributed by atoms with E-state index in [0.717, 1.165) is 24.3 Å². The van der Waals surface area contributed by atoms with Crippen LogP contribution in [0, 0.1) is 13.8 Å². The summed E-state index contributed by atoms with van der Waals surface area (Å²) in [5.74, 6) is 0. The Hall–Kier alpha value is -2.46. The molecule has 0 fully saturated rings. The number of aromatic nitrogens is 1. The number of aryl methyl sites for hydroxylation is 4. The summed E-state index contributed by atoms with van der Waals surface area (Å²) in [6.07, 6.45) is 7.86. The van der Waals surface area contributed by atoms with E-state index in [1.807, 2.05) is 13.4 Å². The molecule has 0 unspecified atom stereocenters. The number of nitrogens with zero attached hydrogens (tertiary/aromatic N) is 3. The molecule has 2 aromatic carbocycles. The largest absolute Gasteiger partial charge is 0.366 e. The first-order valence-electron chi connectivity index (χ1n) is 10.9. The van der Waals surface area contributed by atoms with Gasteiger partial charge in [-0.05, 0) is 80.3 Å². The molecule has 0 aliphatic heterocycles. The zero-order valence-corrected chi connectivity index (χ0v) is 19.4. The normalized spacial score (nSPS) is 13.6. The fraction of sp³-hybridized carbons (Fsp3) is 0.385. The molecular weight excluding hydrogens is 386 g/mol. The fourth-order valence-corrected chi connectivity index (χ4v) is 5.02. The van der Waals surface area contributed by atoms with E-state index in [4.69, 9.17) is 9.98 Å². The van der Waals surface area contributed by atoms with Crippen LogP contribution >= 0.6 is 11.3 Å². The molecule has 30 heavy (non-hydrogen) atoms. The quantitative estimate of drug-likeness (QED) is 0.338. The van der Waals surface area contributed by atoms with Crippen LogP contribution in [-0.2, 0) is 19.3 Å². The van der Waals surface area contributed by atoms with Crippen LogP contribution in [0.5, 0.6) is 0 Å². The van der Waals surface area contributed by atoms with Crippen LogP contribution in [0.3, 0.4) is 0 Å². The predicted molar refractivity (Wildman–Crippen MR) is 129 cm³/mol. The van der Waals surface area contributed by atoms with Crippen molar-refractivity contribution in [3.63, 3.8) is 0 Å². The van der Waals surface area contributed by atoms with Crippen molar-refractivity contribution >= 4 is 23.4 Å². The van der Waals surface area contributed by atoms with Gasteiger partial charge in [-0.3, -0.25) is 0 Å². The van der Waals surface area contributed by atoms with Crippen molar-refractivity contribution in [3.05, 3.63) is 68.5 Å². The van der Waals surface area contributed by atoms with Crippen LogP contribution < -0.4 is 0 Å². The van der Waals surface area contributed by atoms with Crippen molar-refractivity contribution < 1.29 is 0 Å². The molecule has 1 aromatic heterocycles. The Kier molecular flexibility index (Phi) is 6.33. The molecule has 0 amide bonds. The van der Waals surface area contributed by atoms with Crippen molar-refractivity contribution in [1.82, 2.24) is 9.88 Å². The summed E-state index contributed by atoms with van der Waals surface area (Å²) in [4.78, 5) is 11.7. The Labute approximate surface area is 184 Å². The molecule has 0 saturated carbocycles. The predicted octanol–water partition coefficient (Wildman–Crippen LogP) is 6.51. The van der Waals surface area contributed by atoms with Gasteiger partial charge in [-0.1, -0.05) is 24.3 Å². The zero-order valence-electron chi connectivity index (χ0n) is 18.5. The van der Waals surface area contributed by atoms with Gasteiger partial charge >= 0.3 is 0 Å². The number of hydrogen-bond acceptors (Lipinski definition) is 3. The summed E-state index contributed by atoms with van der Waals surface area (Å²) in [5, 5.41) is 3.38. The first-order chi connectivity index (χ1) is 14.5. The summed E-state index contributed by atoms with van der Waals surface area (Å²) in [7, 11) is 2.05. The van der Waals surface area contributed by atoms with Crippen molar-refractivity contribution in [3.8, 4) is 11.3 Å². The van der Waals surface area contributed by atoms with Gasteiger partial charge in [-0.15, -0.1) is 11.3 Å². The Morgan fingerprint density at radius 2 is 1.80 bits per heavy atom. The molecule has 4 rings (SSSR count). The number of aliphatic imine (C=N–C) groups is 1. The molecule has 0 N–H and O–H groups in total. The van der Waals surface area contributed by atoms with Gasteiger partial charge in [-0.2, -0.15) is 0 Å². The summed E-state index contributed by atoms with van der Waals surface area (Å²) >= 11 is 1.76. The van der Waals surface area contributed by atoms with Gasteiger partial charge in [0.15, 0.2) is 0 Å². The number of benzene rings is 2. The van der Waals surface area contributed by atoms with E-state index in [1.54, 1.807) is 11.3 Å². The highest BCUT2D eigenvalue weighted by molar-refractivity contribution is 7.10. The molecule has 156 valence electrons. The first kappa shape index (κ1) is 20.8. The topological polar surface area (TPSA) is 28.5 Å². The Morgan fingerprint density at radius 3 is 2.53 bits per heavy atom. The molecule has 0 saturated heterocycles. The maximum Gasteiger partial charge on any atom is 0.0976 e. The van der Waals surface area contributed by atoms with E-state index in [0.29, 0.717) is 0 Å². The van der Waals surface area contributed by atoms with E-state index in [-0.39, 0.29) is 0 Å². The van der Waals surface area contributed by atoms with E-state index >= 15 is 0 Å². The highest BCUT2D eigenvalue weighted by Crippen LogP contribution is 2.30. The number of rotatable bonds is 6. The van der Waals surface area contributed by atoms with Gasteiger partial charge < -0.3 is 4.90 Å². The summed E-state index contributed by atoms with van der Waals surface area (Å²) in [5.41, 5.74) is 10.2. The second kappa shape index (κ2) is 9.13. The number of thiazole rings is 1. The monoisotopic (exact) mass is 417 g/mol. The van der Waals surface area contributed by atoms with Gasteiger partial charge in [0.2, 0.25) is 0 Å². The van der Waals surface area contributed by atoms with E-state index in [1.165, 1.54) is 64.1 Å². The molecule has 1 aliphatic rings. The Balaban J connectivity index is 1.52. The fourth-order valence-electron chi connectivity index (χ4n) is 4.18. The van der Waals surface area contributed by atoms with Crippen LogP contribution in [0.4, 0.5) is 5.69 Å². The maximum atomic E-state index is 4.96. The minimum Gasteiger partial charge on any atom is -0.366 e. The van der Waals surface area contributed by atoms with Crippen LogP contribution in [0.15, 0.2) is 40.7 Å². The lowest BCUT2D eigenvalue weighted by molar-refractivity contribution is 0.552.